The van der Waals surface area contributed by atoms with Crippen molar-refractivity contribution < 1.29 is 0 Å². The quantitative estimate of drug-likeness (QED) is 0.664. The molecule has 3 aromatic rings. The Kier molecular flexibility index (Phi) is 3.11. The first kappa shape index (κ1) is 12.8. The fourth-order valence-electron chi connectivity index (χ4n) is 2.83. The van der Waals surface area contributed by atoms with Crippen molar-refractivity contribution in [3.05, 3.63) is 36.4 Å². The molecule has 0 bridgehead atoms. The molecule has 6 nitrogen and oxygen atoms in total. The van der Waals surface area contributed by atoms with E-state index >= 15 is 0 Å². The van der Waals surface area contributed by atoms with E-state index in [4.69, 9.17) is 4.98 Å². The molecule has 0 radical (unpaired) electrons. The van der Waals surface area contributed by atoms with Crippen molar-refractivity contribution in [1.29, 1.82) is 0 Å². The molecule has 1 aliphatic heterocycles. The van der Waals surface area contributed by atoms with Gasteiger partial charge in [0.2, 0.25) is 0 Å². The number of nitrogens with zero attached hydrogens (tertiary/aromatic N) is 5. The predicted octanol–water partition coefficient (Wildman–Crippen LogP) is 0.000200. The van der Waals surface area contributed by atoms with E-state index in [2.05, 4.69) is 37.2 Å². The van der Waals surface area contributed by atoms with Crippen LogP contribution in [0.25, 0.3) is 11.0 Å². The predicted molar refractivity (Wildman–Crippen MR) is 83.7 cm³/mol. The van der Waals surface area contributed by atoms with E-state index in [1.165, 1.54) is 16.9 Å². The standard InChI is InChI=1S/C14H15AsN6/c15-14-13-11(16-8-17-14)1-2-12(19-13)21-6-4-9(7-21)10-3-5-18-20-10/h1-3,5,8-9H,4,6-7,15H2,(H,18,20). The first-order chi connectivity index (χ1) is 10.3. The summed E-state index contributed by atoms with van der Waals surface area (Å²) in [5.74, 6) is 1.49. The molecule has 0 spiro atoms. The monoisotopic (exact) mass is 342 g/mol. The molecule has 1 aliphatic rings. The molecule has 2 unspecified atom stereocenters. The average molecular weight is 342 g/mol. The Morgan fingerprint density at radius 3 is 3.05 bits per heavy atom. The fraction of sp³-hybridized carbons (Fsp3) is 0.286. The van der Waals surface area contributed by atoms with Gasteiger partial charge in [-0.3, -0.25) is 0 Å². The van der Waals surface area contributed by atoms with E-state index in [9.17, 15) is 0 Å². The molecular weight excluding hydrogens is 327 g/mol. The molecule has 3 aromatic heterocycles. The van der Waals surface area contributed by atoms with Crippen LogP contribution in [0.1, 0.15) is 18.0 Å². The summed E-state index contributed by atoms with van der Waals surface area (Å²) < 4.78 is 0.984. The van der Waals surface area contributed by atoms with Gasteiger partial charge >= 0.3 is 130 Å². The fourth-order valence-corrected chi connectivity index (χ4v) is 3.42. The third-order valence-electron chi connectivity index (χ3n) is 3.95. The van der Waals surface area contributed by atoms with Crippen LogP contribution >= 0.6 is 0 Å². The number of fused-ring (bicyclic) bond motifs is 1. The summed E-state index contributed by atoms with van der Waals surface area (Å²) in [6.07, 6.45) is 4.60. The molecule has 1 N–H and O–H groups in total. The van der Waals surface area contributed by atoms with E-state index in [1.807, 2.05) is 12.3 Å². The van der Waals surface area contributed by atoms with Crippen LogP contribution in [0.2, 0.25) is 0 Å². The Hall–Kier alpha value is -1.94. The normalized spacial score (nSPS) is 18.5. The molecule has 21 heavy (non-hydrogen) atoms. The van der Waals surface area contributed by atoms with Crippen molar-refractivity contribution in [1.82, 2.24) is 25.1 Å². The van der Waals surface area contributed by atoms with Crippen molar-refractivity contribution in [2.45, 2.75) is 12.3 Å². The molecule has 7 heteroatoms. The second kappa shape index (κ2) is 5.11. The van der Waals surface area contributed by atoms with Gasteiger partial charge in [-0.1, -0.05) is 0 Å². The van der Waals surface area contributed by atoms with E-state index in [0.29, 0.717) is 5.92 Å². The van der Waals surface area contributed by atoms with Gasteiger partial charge in [0.1, 0.15) is 0 Å². The Morgan fingerprint density at radius 2 is 2.19 bits per heavy atom. The number of pyridine rings is 1. The van der Waals surface area contributed by atoms with Crippen LogP contribution in [0.4, 0.5) is 5.82 Å². The molecular formula is C14H15AsN6. The van der Waals surface area contributed by atoms with Gasteiger partial charge in [-0.05, 0) is 0 Å². The zero-order chi connectivity index (χ0) is 14.2. The van der Waals surface area contributed by atoms with Gasteiger partial charge in [0.05, 0.1) is 0 Å². The Labute approximate surface area is 130 Å². The first-order valence-corrected chi connectivity index (χ1v) is 8.14. The van der Waals surface area contributed by atoms with Gasteiger partial charge < -0.3 is 0 Å². The maximum atomic E-state index is 4.76. The zero-order valence-corrected chi connectivity index (χ0v) is 13.8. The molecule has 0 aliphatic carbocycles. The number of H-pyrrole nitrogens is 1. The van der Waals surface area contributed by atoms with Crippen molar-refractivity contribution in [2.24, 2.45) is 0 Å². The number of hydrogen-bond acceptors (Lipinski definition) is 5. The van der Waals surface area contributed by atoms with E-state index < -0.39 is 0 Å². The summed E-state index contributed by atoms with van der Waals surface area (Å²) in [6, 6.07) is 6.14. The van der Waals surface area contributed by atoms with Crippen molar-refractivity contribution in [2.75, 3.05) is 18.0 Å². The van der Waals surface area contributed by atoms with Crippen molar-refractivity contribution in [3.63, 3.8) is 0 Å². The maximum absolute atomic E-state index is 4.76. The second-order valence-corrected chi connectivity index (χ2v) is 6.37. The van der Waals surface area contributed by atoms with Gasteiger partial charge in [-0.2, -0.15) is 0 Å². The zero-order valence-electron chi connectivity index (χ0n) is 11.4. The van der Waals surface area contributed by atoms with Crippen LogP contribution in [-0.2, 0) is 0 Å². The number of nitrogens with one attached hydrogen (secondary N) is 1. The van der Waals surface area contributed by atoms with E-state index in [1.54, 1.807) is 6.33 Å². The average Bonchev–Trinajstić information content (AvgIpc) is 3.18. The Balaban J connectivity index is 1.64. The number of hydrogen-bond donors (Lipinski definition) is 1. The Morgan fingerprint density at radius 1 is 1.24 bits per heavy atom. The van der Waals surface area contributed by atoms with Crippen LogP contribution in [0, 0.1) is 0 Å². The van der Waals surface area contributed by atoms with Gasteiger partial charge in [-0.25, -0.2) is 0 Å². The molecule has 1 fully saturated rings. The van der Waals surface area contributed by atoms with Gasteiger partial charge in [-0.15, -0.1) is 0 Å². The summed E-state index contributed by atoms with van der Waals surface area (Å²) in [5.41, 5.74) is 2.97. The summed E-state index contributed by atoms with van der Waals surface area (Å²) in [4.78, 5) is 15.6. The van der Waals surface area contributed by atoms with Crippen LogP contribution < -0.4 is 9.38 Å². The van der Waals surface area contributed by atoms with Crippen molar-refractivity contribution >= 4 is 38.2 Å². The molecule has 4 rings (SSSR count). The molecule has 106 valence electrons. The number of aromatic amines is 1. The third-order valence-corrected chi connectivity index (χ3v) is 4.83. The molecule has 0 saturated carbocycles. The van der Waals surface area contributed by atoms with Crippen LogP contribution in [0.3, 0.4) is 0 Å². The van der Waals surface area contributed by atoms with Crippen LogP contribution in [-0.4, -0.2) is 55.1 Å². The molecule has 1 saturated heterocycles. The minimum absolute atomic E-state index is 0.478. The van der Waals surface area contributed by atoms with Gasteiger partial charge in [0.25, 0.3) is 0 Å². The first-order valence-electron chi connectivity index (χ1n) is 6.93. The molecule has 0 amide bonds. The third kappa shape index (κ3) is 2.29. The summed E-state index contributed by atoms with van der Waals surface area (Å²) in [5, 5.41) is 7.20. The summed E-state index contributed by atoms with van der Waals surface area (Å²) in [7, 11) is 0. The Bertz CT molecular complexity index is 772. The SMILES string of the molecule is [AsH2]c1ncnc2ccc(N3CCC(c4cc[nH]n4)C3)nc12. The minimum atomic E-state index is 0.478. The molecule has 2 atom stereocenters. The van der Waals surface area contributed by atoms with Gasteiger partial charge in [0.15, 0.2) is 0 Å². The number of aromatic nitrogens is 5. The van der Waals surface area contributed by atoms with E-state index in [0.717, 1.165) is 46.5 Å². The van der Waals surface area contributed by atoms with Crippen LogP contribution in [0.15, 0.2) is 30.7 Å². The van der Waals surface area contributed by atoms with Gasteiger partial charge in [0, 0.05) is 0 Å². The number of anilines is 1. The van der Waals surface area contributed by atoms with E-state index in [-0.39, 0.29) is 0 Å². The number of rotatable bonds is 2. The summed E-state index contributed by atoms with van der Waals surface area (Å²) >= 11 is 1.48. The van der Waals surface area contributed by atoms with Crippen LogP contribution in [0.5, 0.6) is 0 Å². The second-order valence-electron chi connectivity index (χ2n) is 5.23. The topological polar surface area (TPSA) is 70.6 Å². The molecule has 4 heterocycles. The molecule has 0 aromatic carbocycles. The van der Waals surface area contributed by atoms with Crippen molar-refractivity contribution in [3.8, 4) is 0 Å². The summed E-state index contributed by atoms with van der Waals surface area (Å²) in [6.45, 7) is 1.97.